The van der Waals surface area contributed by atoms with Crippen LogP contribution in [0.25, 0.3) is 0 Å². The molecule has 0 aliphatic rings. The maximum atomic E-state index is 11.9. The Balaban J connectivity index is 2.17. The number of hydrazone groups is 1. The van der Waals surface area contributed by atoms with Gasteiger partial charge in [0.2, 0.25) is 0 Å². The van der Waals surface area contributed by atoms with Crippen LogP contribution in [0.4, 0.5) is 0 Å². The molecule has 20 heavy (non-hydrogen) atoms. The number of hydrogen-bond acceptors (Lipinski definition) is 3. The minimum atomic E-state index is -0.306. The van der Waals surface area contributed by atoms with Crippen molar-refractivity contribution in [2.75, 3.05) is 0 Å². The molecule has 0 unspecified atom stereocenters. The summed E-state index contributed by atoms with van der Waals surface area (Å²) >= 11 is 0. The zero-order chi connectivity index (χ0) is 14.4. The van der Waals surface area contributed by atoms with Crippen molar-refractivity contribution in [3.05, 3.63) is 66.0 Å². The molecule has 0 saturated heterocycles. The molecule has 0 atom stereocenters. The van der Waals surface area contributed by atoms with Gasteiger partial charge in [0.1, 0.15) is 5.69 Å². The van der Waals surface area contributed by atoms with E-state index in [0.29, 0.717) is 5.69 Å². The van der Waals surface area contributed by atoms with Crippen LogP contribution >= 0.6 is 0 Å². The second-order valence-corrected chi connectivity index (χ2v) is 4.67. The molecule has 1 heterocycles. The van der Waals surface area contributed by atoms with Crippen LogP contribution in [-0.4, -0.2) is 16.6 Å². The van der Waals surface area contributed by atoms with Gasteiger partial charge in [-0.05, 0) is 23.6 Å². The molecule has 0 fully saturated rings. The zero-order valence-corrected chi connectivity index (χ0v) is 11.6. The molecule has 2 rings (SSSR count). The lowest BCUT2D eigenvalue weighted by molar-refractivity contribution is 0.0950. The van der Waals surface area contributed by atoms with E-state index in [1.165, 1.54) is 0 Å². The zero-order valence-electron chi connectivity index (χ0n) is 11.6. The maximum Gasteiger partial charge on any atom is 0.289 e. The summed E-state index contributed by atoms with van der Waals surface area (Å²) in [5, 5.41) is 4.25. The van der Waals surface area contributed by atoms with Crippen molar-refractivity contribution in [3.63, 3.8) is 0 Å². The Kier molecular flexibility index (Phi) is 4.60. The van der Waals surface area contributed by atoms with Crippen LogP contribution < -0.4 is 5.43 Å². The molecule has 2 aromatic rings. The Morgan fingerprint density at radius 2 is 1.80 bits per heavy atom. The molecule has 4 nitrogen and oxygen atoms in total. The van der Waals surface area contributed by atoms with E-state index >= 15 is 0 Å². The summed E-state index contributed by atoms with van der Waals surface area (Å²) in [5.74, 6) is -0.0962. The molecule has 0 aliphatic carbocycles. The Labute approximate surface area is 118 Å². The molecule has 0 radical (unpaired) electrons. The molecule has 1 aromatic heterocycles. The van der Waals surface area contributed by atoms with Crippen LogP contribution in [0.5, 0.6) is 0 Å². The van der Waals surface area contributed by atoms with Gasteiger partial charge in [0.05, 0.1) is 5.71 Å². The number of aromatic nitrogens is 1. The number of rotatable bonds is 4. The van der Waals surface area contributed by atoms with Crippen LogP contribution in [0, 0.1) is 5.92 Å². The average Bonchev–Trinajstić information content (AvgIpc) is 2.49. The Morgan fingerprint density at radius 1 is 1.10 bits per heavy atom. The van der Waals surface area contributed by atoms with Gasteiger partial charge in [-0.1, -0.05) is 50.2 Å². The summed E-state index contributed by atoms with van der Waals surface area (Å²) in [4.78, 5) is 15.9. The van der Waals surface area contributed by atoms with E-state index in [2.05, 4.69) is 15.5 Å². The molecule has 0 saturated carbocycles. The molecular weight excluding hydrogens is 250 g/mol. The number of amides is 1. The topological polar surface area (TPSA) is 54.4 Å². The van der Waals surface area contributed by atoms with Gasteiger partial charge >= 0.3 is 0 Å². The van der Waals surface area contributed by atoms with Gasteiger partial charge in [-0.25, -0.2) is 5.43 Å². The Morgan fingerprint density at radius 3 is 2.40 bits per heavy atom. The summed E-state index contributed by atoms with van der Waals surface area (Å²) in [6.07, 6.45) is 1.58. The van der Waals surface area contributed by atoms with Crippen molar-refractivity contribution in [2.24, 2.45) is 11.0 Å². The molecule has 0 bridgehead atoms. The summed E-state index contributed by atoms with van der Waals surface area (Å²) in [6, 6.07) is 15.0. The fraction of sp³-hybridized carbons (Fsp3) is 0.188. The third-order valence-corrected chi connectivity index (χ3v) is 2.79. The summed E-state index contributed by atoms with van der Waals surface area (Å²) in [6.45, 7) is 4.08. The first kappa shape index (κ1) is 13.9. The highest BCUT2D eigenvalue weighted by Gasteiger charge is 2.10. The molecular formula is C16H17N3O. The quantitative estimate of drug-likeness (QED) is 0.684. The van der Waals surface area contributed by atoms with Gasteiger partial charge in [-0.15, -0.1) is 0 Å². The van der Waals surface area contributed by atoms with Crippen LogP contribution in [-0.2, 0) is 0 Å². The smallest absolute Gasteiger partial charge is 0.266 e. The van der Waals surface area contributed by atoms with Gasteiger partial charge in [0.15, 0.2) is 0 Å². The van der Waals surface area contributed by atoms with E-state index in [1.54, 1.807) is 24.4 Å². The highest BCUT2D eigenvalue weighted by Crippen LogP contribution is 2.09. The molecule has 4 heteroatoms. The summed E-state index contributed by atoms with van der Waals surface area (Å²) < 4.78 is 0. The van der Waals surface area contributed by atoms with Crippen LogP contribution in [0.2, 0.25) is 0 Å². The van der Waals surface area contributed by atoms with E-state index < -0.39 is 0 Å². The van der Waals surface area contributed by atoms with Gasteiger partial charge in [-0.3, -0.25) is 9.78 Å². The van der Waals surface area contributed by atoms with Crippen LogP contribution in [0.3, 0.4) is 0 Å². The molecule has 1 N–H and O–H groups in total. The molecule has 1 amide bonds. The molecule has 102 valence electrons. The molecule has 0 aliphatic heterocycles. The van der Waals surface area contributed by atoms with Gasteiger partial charge in [0.25, 0.3) is 5.91 Å². The van der Waals surface area contributed by atoms with Gasteiger partial charge < -0.3 is 0 Å². The molecule has 0 spiro atoms. The maximum absolute atomic E-state index is 11.9. The Bertz CT molecular complexity index is 592. The predicted octanol–water partition coefficient (Wildman–Crippen LogP) is 2.87. The van der Waals surface area contributed by atoms with E-state index in [9.17, 15) is 4.79 Å². The third-order valence-electron chi connectivity index (χ3n) is 2.79. The lowest BCUT2D eigenvalue weighted by Crippen LogP contribution is -2.23. The van der Waals surface area contributed by atoms with E-state index in [0.717, 1.165) is 11.3 Å². The molecule has 1 aromatic carbocycles. The summed E-state index contributed by atoms with van der Waals surface area (Å²) in [5.41, 5.74) is 4.77. The lowest BCUT2D eigenvalue weighted by atomic mass is 10.0. The van der Waals surface area contributed by atoms with E-state index in [1.807, 2.05) is 44.2 Å². The van der Waals surface area contributed by atoms with E-state index in [4.69, 9.17) is 0 Å². The predicted molar refractivity (Wildman–Crippen MR) is 79.5 cm³/mol. The normalized spacial score (nSPS) is 11.4. The first-order chi connectivity index (χ1) is 9.68. The summed E-state index contributed by atoms with van der Waals surface area (Å²) in [7, 11) is 0. The van der Waals surface area contributed by atoms with Crippen molar-refractivity contribution in [3.8, 4) is 0 Å². The average molecular weight is 267 g/mol. The number of hydrogen-bond donors (Lipinski definition) is 1. The van der Waals surface area contributed by atoms with Crippen molar-refractivity contribution in [2.45, 2.75) is 13.8 Å². The lowest BCUT2D eigenvalue weighted by Gasteiger charge is -2.10. The van der Waals surface area contributed by atoms with Crippen molar-refractivity contribution < 1.29 is 4.79 Å². The number of nitrogens with one attached hydrogen (secondary N) is 1. The number of carbonyl (C=O) groups is 1. The number of carbonyl (C=O) groups excluding carboxylic acids is 1. The van der Waals surface area contributed by atoms with Crippen molar-refractivity contribution in [1.82, 2.24) is 10.4 Å². The second kappa shape index (κ2) is 6.61. The largest absolute Gasteiger partial charge is 0.289 e. The van der Waals surface area contributed by atoms with E-state index in [-0.39, 0.29) is 11.8 Å². The first-order valence-electron chi connectivity index (χ1n) is 6.53. The van der Waals surface area contributed by atoms with Crippen LogP contribution in [0.15, 0.2) is 59.8 Å². The minimum Gasteiger partial charge on any atom is -0.266 e. The fourth-order valence-corrected chi connectivity index (χ4v) is 1.80. The standard InChI is InChI=1S/C16H17N3O/c1-12(2)15(13-8-4-3-5-9-13)18-19-16(20)14-10-6-7-11-17-14/h3-12H,1-2H3,(H,19,20)/b18-15+. The van der Waals surface area contributed by atoms with Crippen molar-refractivity contribution in [1.29, 1.82) is 0 Å². The number of benzene rings is 1. The third kappa shape index (κ3) is 3.51. The van der Waals surface area contributed by atoms with Crippen molar-refractivity contribution >= 4 is 11.6 Å². The SMILES string of the molecule is CC(C)/C(=N\NC(=O)c1ccccn1)c1ccccc1. The Hall–Kier alpha value is -2.49. The van der Waals surface area contributed by atoms with Gasteiger partial charge in [-0.2, -0.15) is 5.10 Å². The highest BCUT2D eigenvalue weighted by atomic mass is 16.2. The monoisotopic (exact) mass is 267 g/mol. The second-order valence-electron chi connectivity index (χ2n) is 4.67. The number of nitrogens with zero attached hydrogens (tertiary/aromatic N) is 2. The fourth-order valence-electron chi connectivity index (χ4n) is 1.80. The first-order valence-corrected chi connectivity index (χ1v) is 6.53. The number of pyridine rings is 1. The minimum absolute atomic E-state index is 0.210. The van der Waals surface area contributed by atoms with Gasteiger partial charge in [0, 0.05) is 6.20 Å². The van der Waals surface area contributed by atoms with Crippen LogP contribution in [0.1, 0.15) is 29.9 Å². The highest BCUT2D eigenvalue weighted by molar-refractivity contribution is 6.03.